The van der Waals surface area contributed by atoms with Gasteiger partial charge in [0.15, 0.2) is 0 Å². The molecule has 7 heteroatoms. The van der Waals surface area contributed by atoms with Gasteiger partial charge in [-0.1, -0.05) is 29.8 Å². The molecule has 2 amide bonds. The first kappa shape index (κ1) is 19.8. The van der Waals surface area contributed by atoms with E-state index in [2.05, 4.69) is 25.5 Å². The molecule has 1 atom stereocenters. The Balaban J connectivity index is 1.75. The van der Waals surface area contributed by atoms with Crippen LogP contribution in [0.15, 0.2) is 36.5 Å². The highest BCUT2D eigenvalue weighted by atomic mass is 16.2. The Hall–Kier alpha value is -2.96. The van der Waals surface area contributed by atoms with Crippen LogP contribution < -0.4 is 15.5 Å². The standard InChI is InChI=1S/C21H27N5O2/c1-15-6-8-17(9-7-15)19(14-23-16(2)27)24-20(28)18-10-11-22-21(25-18)26-12-4-3-5-13-26/h6-11,19H,3-5,12-14H2,1-2H3,(H,23,27)(H,24,28). The molecule has 148 valence electrons. The van der Waals surface area contributed by atoms with Crippen molar-refractivity contribution < 1.29 is 9.59 Å². The predicted molar refractivity (Wildman–Crippen MR) is 108 cm³/mol. The number of benzene rings is 1. The Kier molecular flexibility index (Phi) is 6.57. The van der Waals surface area contributed by atoms with Gasteiger partial charge in [0.05, 0.1) is 6.04 Å². The third-order valence-corrected chi connectivity index (χ3v) is 4.85. The fraction of sp³-hybridized carbons (Fsp3) is 0.429. The molecule has 1 aromatic carbocycles. The molecular weight excluding hydrogens is 354 g/mol. The number of nitrogens with one attached hydrogen (secondary N) is 2. The van der Waals surface area contributed by atoms with Crippen molar-refractivity contribution in [3.8, 4) is 0 Å². The van der Waals surface area contributed by atoms with Gasteiger partial charge in [-0.15, -0.1) is 0 Å². The number of hydrogen-bond acceptors (Lipinski definition) is 5. The SMILES string of the molecule is CC(=O)NCC(NC(=O)c1ccnc(N2CCCCC2)n1)c1ccc(C)cc1. The van der Waals surface area contributed by atoms with Gasteiger partial charge in [-0.2, -0.15) is 0 Å². The van der Waals surface area contributed by atoms with Crippen molar-refractivity contribution in [3.05, 3.63) is 53.3 Å². The summed E-state index contributed by atoms with van der Waals surface area (Å²) in [6.07, 6.45) is 5.08. The van der Waals surface area contributed by atoms with E-state index >= 15 is 0 Å². The van der Waals surface area contributed by atoms with Crippen LogP contribution in [0.3, 0.4) is 0 Å². The van der Waals surface area contributed by atoms with Gasteiger partial charge in [0.25, 0.3) is 5.91 Å². The van der Waals surface area contributed by atoms with Crippen molar-refractivity contribution in [1.82, 2.24) is 20.6 Å². The van der Waals surface area contributed by atoms with Crippen LogP contribution in [0.1, 0.15) is 53.8 Å². The van der Waals surface area contributed by atoms with E-state index in [4.69, 9.17) is 0 Å². The summed E-state index contributed by atoms with van der Waals surface area (Å²) in [5, 5.41) is 5.78. The lowest BCUT2D eigenvalue weighted by Gasteiger charge is -2.26. The molecule has 0 spiro atoms. The zero-order valence-corrected chi connectivity index (χ0v) is 16.4. The average molecular weight is 381 g/mol. The lowest BCUT2D eigenvalue weighted by molar-refractivity contribution is -0.119. The molecule has 2 aromatic rings. The van der Waals surface area contributed by atoms with Crippen LogP contribution in [-0.4, -0.2) is 41.4 Å². The number of aryl methyl sites for hydroxylation is 1. The molecule has 0 bridgehead atoms. The molecule has 7 nitrogen and oxygen atoms in total. The molecule has 28 heavy (non-hydrogen) atoms. The smallest absolute Gasteiger partial charge is 0.270 e. The second-order valence-corrected chi connectivity index (χ2v) is 7.16. The third-order valence-electron chi connectivity index (χ3n) is 4.85. The number of carbonyl (C=O) groups excluding carboxylic acids is 2. The second-order valence-electron chi connectivity index (χ2n) is 7.16. The van der Waals surface area contributed by atoms with Crippen molar-refractivity contribution >= 4 is 17.8 Å². The second kappa shape index (κ2) is 9.30. The number of hydrogen-bond donors (Lipinski definition) is 2. The quantitative estimate of drug-likeness (QED) is 0.802. The maximum absolute atomic E-state index is 12.8. The Labute approximate surface area is 165 Å². The molecule has 1 aliphatic heterocycles. The van der Waals surface area contributed by atoms with Gasteiger partial charge in [0.2, 0.25) is 11.9 Å². The molecule has 0 radical (unpaired) electrons. The molecular formula is C21H27N5O2. The normalized spacial score (nSPS) is 15.0. The van der Waals surface area contributed by atoms with Gasteiger partial charge in [-0.05, 0) is 37.8 Å². The summed E-state index contributed by atoms with van der Waals surface area (Å²) in [5.74, 6) is 0.179. The fourth-order valence-electron chi connectivity index (χ4n) is 3.25. The Morgan fingerprint density at radius 1 is 1.11 bits per heavy atom. The number of rotatable bonds is 6. The monoisotopic (exact) mass is 381 g/mol. The van der Waals surface area contributed by atoms with E-state index in [-0.39, 0.29) is 17.9 Å². The summed E-state index contributed by atoms with van der Waals surface area (Å²) in [4.78, 5) is 35.1. The fourth-order valence-corrected chi connectivity index (χ4v) is 3.25. The van der Waals surface area contributed by atoms with E-state index in [1.807, 2.05) is 31.2 Å². The van der Waals surface area contributed by atoms with E-state index in [0.717, 1.165) is 37.1 Å². The van der Waals surface area contributed by atoms with Crippen LogP contribution >= 0.6 is 0 Å². The summed E-state index contributed by atoms with van der Waals surface area (Å²) < 4.78 is 0. The van der Waals surface area contributed by atoms with Gasteiger partial charge >= 0.3 is 0 Å². The molecule has 0 aliphatic carbocycles. The molecule has 1 aromatic heterocycles. The van der Waals surface area contributed by atoms with E-state index in [1.54, 1.807) is 12.3 Å². The third kappa shape index (κ3) is 5.28. The van der Waals surface area contributed by atoms with Crippen molar-refractivity contribution in [2.75, 3.05) is 24.5 Å². The predicted octanol–water partition coefficient (Wildman–Crippen LogP) is 2.38. The summed E-state index contributed by atoms with van der Waals surface area (Å²) in [7, 11) is 0. The maximum Gasteiger partial charge on any atom is 0.270 e. The summed E-state index contributed by atoms with van der Waals surface area (Å²) >= 11 is 0. The van der Waals surface area contributed by atoms with Gasteiger partial charge in [-0.3, -0.25) is 9.59 Å². The van der Waals surface area contributed by atoms with E-state index in [1.165, 1.54) is 13.3 Å². The molecule has 1 saturated heterocycles. The summed E-state index contributed by atoms with van der Waals surface area (Å²) in [6.45, 7) is 5.62. The number of aromatic nitrogens is 2. The average Bonchev–Trinajstić information content (AvgIpc) is 2.72. The van der Waals surface area contributed by atoms with Gasteiger partial charge in [0.1, 0.15) is 5.69 Å². The van der Waals surface area contributed by atoms with E-state index < -0.39 is 0 Å². The number of piperidine rings is 1. The number of carbonyl (C=O) groups is 2. The van der Waals surface area contributed by atoms with Crippen LogP contribution in [-0.2, 0) is 4.79 Å². The largest absolute Gasteiger partial charge is 0.354 e. The van der Waals surface area contributed by atoms with E-state index in [0.29, 0.717) is 18.2 Å². The molecule has 3 rings (SSSR count). The first-order valence-corrected chi connectivity index (χ1v) is 9.73. The minimum atomic E-state index is -0.342. The lowest BCUT2D eigenvalue weighted by atomic mass is 10.0. The minimum absolute atomic E-state index is 0.138. The van der Waals surface area contributed by atoms with Crippen LogP contribution in [0.25, 0.3) is 0 Å². The zero-order chi connectivity index (χ0) is 19.9. The molecule has 2 N–H and O–H groups in total. The minimum Gasteiger partial charge on any atom is -0.354 e. The lowest BCUT2D eigenvalue weighted by Crippen LogP contribution is -2.38. The molecule has 2 heterocycles. The Bertz CT molecular complexity index is 816. The molecule has 1 aliphatic rings. The van der Waals surface area contributed by atoms with Gasteiger partial charge < -0.3 is 15.5 Å². The van der Waals surface area contributed by atoms with Gasteiger partial charge in [0, 0.05) is 32.8 Å². The van der Waals surface area contributed by atoms with Crippen molar-refractivity contribution in [2.45, 2.75) is 39.2 Å². The Morgan fingerprint density at radius 3 is 2.50 bits per heavy atom. The van der Waals surface area contributed by atoms with Crippen LogP contribution in [0, 0.1) is 6.92 Å². The highest BCUT2D eigenvalue weighted by Gasteiger charge is 2.19. The Morgan fingerprint density at radius 2 is 1.82 bits per heavy atom. The van der Waals surface area contributed by atoms with E-state index in [9.17, 15) is 9.59 Å². The van der Waals surface area contributed by atoms with Crippen molar-refractivity contribution in [2.24, 2.45) is 0 Å². The highest BCUT2D eigenvalue weighted by molar-refractivity contribution is 5.92. The molecule has 1 unspecified atom stereocenters. The van der Waals surface area contributed by atoms with Gasteiger partial charge in [-0.25, -0.2) is 9.97 Å². The number of nitrogens with zero attached hydrogens (tertiary/aromatic N) is 3. The zero-order valence-electron chi connectivity index (χ0n) is 16.4. The van der Waals surface area contributed by atoms with Crippen LogP contribution in [0.5, 0.6) is 0 Å². The topological polar surface area (TPSA) is 87.2 Å². The number of amides is 2. The highest BCUT2D eigenvalue weighted by Crippen LogP contribution is 2.17. The van der Waals surface area contributed by atoms with Crippen LogP contribution in [0.4, 0.5) is 5.95 Å². The molecule has 0 saturated carbocycles. The van der Waals surface area contributed by atoms with Crippen molar-refractivity contribution in [1.29, 1.82) is 0 Å². The number of anilines is 1. The van der Waals surface area contributed by atoms with Crippen molar-refractivity contribution in [3.63, 3.8) is 0 Å². The maximum atomic E-state index is 12.8. The molecule has 1 fully saturated rings. The first-order chi connectivity index (χ1) is 13.5. The summed E-state index contributed by atoms with van der Waals surface area (Å²) in [6, 6.07) is 9.17. The summed E-state index contributed by atoms with van der Waals surface area (Å²) in [5.41, 5.74) is 2.39. The van der Waals surface area contributed by atoms with Crippen LogP contribution in [0.2, 0.25) is 0 Å². The first-order valence-electron chi connectivity index (χ1n) is 9.73.